The van der Waals surface area contributed by atoms with Crippen LogP contribution in [0, 0.1) is 0 Å². The summed E-state index contributed by atoms with van der Waals surface area (Å²) in [6.07, 6.45) is 0. The fraction of sp³-hybridized carbons (Fsp3) is 0. The van der Waals surface area contributed by atoms with E-state index in [4.69, 9.17) is 10.2 Å². The van der Waals surface area contributed by atoms with Crippen LogP contribution in [0.15, 0.2) is 33.2 Å². The van der Waals surface area contributed by atoms with Crippen molar-refractivity contribution in [3.63, 3.8) is 0 Å². The van der Waals surface area contributed by atoms with E-state index in [-0.39, 0.29) is 6.01 Å². The summed E-state index contributed by atoms with van der Waals surface area (Å²) in [5, 5.41) is 8.50. The Bertz CT molecular complexity index is 658. The van der Waals surface area contributed by atoms with Gasteiger partial charge in [-0.25, -0.2) is 0 Å². The molecule has 0 aliphatic carbocycles. The number of rotatable bonds is 1. The van der Waals surface area contributed by atoms with Gasteiger partial charge in [-0.3, -0.25) is 0 Å². The number of hydrogen-bond acceptors (Lipinski definition) is 4. The molecule has 0 amide bonds. The van der Waals surface area contributed by atoms with Crippen LogP contribution in [0.4, 0.5) is 6.01 Å². The minimum absolute atomic E-state index is 0.0627. The van der Waals surface area contributed by atoms with Crippen molar-refractivity contribution in [2.75, 3.05) is 5.73 Å². The number of nitrogens with zero attached hydrogens (tertiary/aromatic N) is 2. The third kappa shape index (κ3) is 1.38. The molecule has 1 aromatic carbocycles. The van der Waals surface area contributed by atoms with Crippen molar-refractivity contribution in [1.29, 1.82) is 0 Å². The highest BCUT2D eigenvalue weighted by atomic mass is 79.9. The van der Waals surface area contributed by atoms with Gasteiger partial charge in [-0.2, -0.15) is 0 Å². The zero-order valence-corrected chi connectivity index (χ0v) is 9.65. The predicted octanol–water partition coefficient (Wildman–Crippen LogP) is 2.56. The van der Waals surface area contributed by atoms with E-state index in [9.17, 15) is 0 Å². The Morgan fingerprint density at radius 2 is 2.19 bits per heavy atom. The van der Waals surface area contributed by atoms with Gasteiger partial charge in [-0.1, -0.05) is 27.1 Å². The van der Waals surface area contributed by atoms with Crippen molar-refractivity contribution in [2.45, 2.75) is 0 Å². The Hall–Kier alpha value is -1.82. The molecule has 0 saturated heterocycles. The van der Waals surface area contributed by atoms with Gasteiger partial charge in [0.25, 0.3) is 5.89 Å². The number of nitrogens with two attached hydrogens (primary N) is 1. The molecular formula is C10H7BrN4O. The smallest absolute Gasteiger partial charge is 0.313 e. The molecule has 6 heteroatoms. The molecule has 0 aliphatic rings. The fourth-order valence-electron chi connectivity index (χ4n) is 1.58. The molecular weight excluding hydrogens is 272 g/mol. The number of halogens is 1. The van der Waals surface area contributed by atoms with Gasteiger partial charge >= 0.3 is 6.01 Å². The van der Waals surface area contributed by atoms with Gasteiger partial charge in [-0.15, -0.1) is 5.10 Å². The summed E-state index contributed by atoms with van der Waals surface area (Å²) >= 11 is 3.48. The molecule has 0 atom stereocenters. The Morgan fingerprint density at radius 3 is 2.88 bits per heavy atom. The number of hydrogen-bond donors (Lipinski definition) is 2. The summed E-state index contributed by atoms with van der Waals surface area (Å²) in [7, 11) is 0. The molecule has 2 aromatic heterocycles. The third-order valence-corrected chi connectivity index (χ3v) is 2.97. The summed E-state index contributed by atoms with van der Waals surface area (Å²) in [4.78, 5) is 3.18. The average molecular weight is 279 g/mol. The van der Waals surface area contributed by atoms with Crippen LogP contribution in [0.3, 0.4) is 0 Å². The van der Waals surface area contributed by atoms with Crippen LogP contribution < -0.4 is 5.73 Å². The summed E-state index contributed by atoms with van der Waals surface area (Å²) < 4.78 is 6.16. The van der Waals surface area contributed by atoms with E-state index in [1.807, 2.05) is 24.3 Å². The molecule has 0 fully saturated rings. The Balaban J connectivity index is 2.22. The van der Waals surface area contributed by atoms with Crippen LogP contribution in [0.25, 0.3) is 22.5 Å². The van der Waals surface area contributed by atoms with Gasteiger partial charge in [0.15, 0.2) is 0 Å². The lowest BCUT2D eigenvalue weighted by Gasteiger charge is -1.90. The number of aromatic amines is 1. The van der Waals surface area contributed by atoms with Gasteiger partial charge < -0.3 is 15.1 Å². The summed E-state index contributed by atoms with van der Waals surface area (Å²) in [5.74, 6) is 0.389. The minimum Gasteiger partial charge on any atom is -0.402 e. The molecule has 3 N–H and O–H groups in total. The molecule has 0 aliphatic heterocycles. The van der Waals surface area contributed by atoms with Crippen LogP contribution in [0.5, 0.6) is 0 Å². The third-order valence-electron chi connectivity index (χ3n) is 2.28. The van der Waals surface area contributed by atoms with Crippen LogP contribution in [0.1, 0.15) is 0 Å². The molecule has 0 saturated carbocycles. The van der Waals surface area contributed by atoms with Crippen molar-refractivity contribution in [3.05, 3.63) is 28.7 Å². The zero-order valence-electron chi connectivity index (χ0n) is 8.07. The number of H-pyrrole nitrogens is 1. The van der Waals surface area contributed by atoms with Crippen molar-refractivity contribution < 1.29 is 4.42 Å². The lowest BCUT2D eigenvalue weighted by molar-refractivity contribution is 0.588. The van der Waals surface area contributed by atoms with Crippen LogP contribution in [-0.4, -0.2) is 15.2 Å². The first kappa shape index (κ1) is 9.41. The Labute approximate surface area is 98.8 Å². The Kier molecular flexibility index (Phi) is 1.97. The second kappa shape index (κ2) is 3.34. The second-order valence-electron chi connectivity index (χ2n) is 3.33. The number of nitrogens with one attached hydrogen (secondary N) is 1. The molecule has 0 spiro atoms. The van der Waals surface area contributed by atoms with E-state index in [0.717, 1.165) is 21.1 Å². The zero-order chi connectivity index (χ0) is 11.1. The van der Waals surface area contributed by atoms with Gasteiger partial charge in [0.1, 0.15) is 5.69 Å². The number of aromatic nitrogens is 3. The summed E-state index contributed by atoms with van der Waals surface area (Å²) in [6.45, 7) is 0. The van der Waals surface area contributed by atoms with E-state index in [2.05, 4.69) is 31.1 Å². The lowest BCUT2D eigenvalue weighted by atomic mass is 10.2. The van der Waals surface area contributed by atoms with Gasteiger partial charge in [0, 0.05) is 15.4 Å². The van der Waals surface area contributed by atoms with Crippen LogP contribution >= 0.6 is 15.9 Å². The number of fused-ring (bicyclic) bond motifs is 1. The van der Waals surface area contributed by atoms with Crippen molar-refractivity contribution in [2.24, 2.45) is 0 Å². The fourth-order valence-corrected chi connectivity index (χ4v) is 2.06. The van der Waals surface area contributed by atoms with E-state index < -0.39 is 0 Å². The first-order valence-corrected chi connectivity index (χ1v) is 5.40. The highest BCUT2D eigenvalue weighted by Crippen LogP contribution is 2.28. The first-order valence-electron chi connectivity index (χ1n) is 4.60. The highest BCUT2D eigenvalue weighted by molar-refractivity contribution is 9.10. The number of nitrogen functional groups attached to an aromatic ring is 1. The van der Waals surface area contributed by atoms with Crippen LogP contribution in [0.2, 0.25) is 0 Å². The van der Waals surface area contributed by atoms with E-state index in [1.165, 1.54) is 0 Å². The lowest BCUT2D eigenvalue weighted by Crippen LogP contribution is -1.81. The van der Waals surface area contributed by atoms with E-state index >= 15 is 0 Å². The van der Waals surface area contributed by atoms with Gasteiger partial charge in [0.2, 0.25) is 0 Å². The van der Waals surface area contributed by atoms with Crippen molar-refractivity contribution >= 4 is 32.8 Å². The SMILES string of the molecule is Nc1nnc(-c2cc3c(Br)cccc3[nH]2)o1. The predicted molar refractivity (Wildman–Crippen MR) is 63.7 cm³/mol. The second-order valence-corrected chi connectivity index (χ2v) is 4.18. The largest absolute Gasteiger partial charge is 0.402 e. The quantitative estimate of drug-likeness (QED) is 0.717. The molecule has 3 aromatic rings. The monoisotopic (exact) mass is 278 g/mol. The molecule has 80 valence electrons. The average Bonchev–Trinajstić information content (AvgIpc) is 2.84. The highest BCUT2D eigenvalue weighted by Gasteiger charge is 2.10. The minimum atomic E-state index is 0.0627. The topological polar surface area (TPSA) is 80.7 Å². The van der Waals surface area contributed by atoms with E-state index in [1.54, 1.807) is 0 Å². The maximum Gasteiger partial charge on any atom is 0.313 e. The summed E-state index contributed by atoms with van der Waals surface area (Å²) in [5.41, 5.74) is 7.13. The van der Waals surface area contributed by atoms with Gasteiger partial charge in [-0.05, 0) is 18.2 Å². The molecule has 5 nitrogen and oxygen atoms in total. The normalized spacial score (nSPS) is 11.1. The summed E-state index contributed by atoms with van der Waals surface area (Å²) in [6, 6.07) is 7.90. The van der Waals surface area contributed by atoms with Crippen molar-refractivity contribution in [1.82, 2.24) is 15.2 Å². The first-order chi connectivity index (χ1) is 7.74. The Morgan fingerprint density at radius 1 is 1.31 bits per heavy atom. The number of anilines is 1. The molecule has 16 heavy (non-hydrogen) atoms. The van der Waals surface area contributed by atoms with Gasteiger partial charge in [0.05, 0.1) is 0 Å². The maximum absolute atomic E-state index is 5.38. The number of benzene rings is 1. The molecule has 0 bridgehead atoms. The standard InChI is InChI=1S/C10H7BrN4O/c11-6-2-1-3-7-5(6)4-8(13-7)9-14-15-10(12)16-9/h1-4,13H,(H2,12,15). The van der Waals surface area contributed by atoms with Crippen LogP contribution in [-0.2, 0) is 0 Å². The van der Waals surface area contributed by atoms with Crippen molar-refractivity contribution in [3.8, 4) is 11.6 Å². The maximum atomic E-state index is 5.38. The molecule has 3 rings (SSSR count). The molecule has 0 radical (unpaired) electrons. The molecule has 2 heterocycles. The molecule has 0 unspecified atom stereocenters. The van der Waals surface area contributed by atoms with E-state index in [0.29, 0.717) is 5.89 Å².